The zero-order chi connectivity index (χ0) is 18.4. The van der Waals surface area contributed by atoms with Crippen molar-refractivity contribution in [2.75, 3.05) is 19.6 Å². The van der Waals surface area contributed by atoms with Crippen LogP contribution >= 0.6 is 0 Å². The predicted octanol–water partition coefficient (Wildman–Crippen LogP) is 3.66. The van der Waals surface area contributed by atoms with Crippen LogP contribution in [0.1, 0.15) is 35.6 Å². The van der Waals surface area contributed by atoms with Gasteiger partial charge in [-0.3, -0.25) is 4.90 Å². The summed E-state index contributed by atoms with van der Waals surface area (Å²) in [4.78, 5) is 14.9. The van der Waals surface area contributed by atoms with Crippen LogP contribution < -0.4 is 5.32 Å². The Labute approximate surface area is 158 Å². The van der Waals surface area contributed by atoms with Crippen molar-refractivity contribution in [1.29, 1.82) is 0 Å². The van der Waals surface area contributed by atoms with Crippen LogP contribution in [0.2, 0.25) is 0 Å². The maximum absolute atomic E-state index is 13.5. The van der Waals surface area contributed by atoms with E-state index in [-0.39, 0.29) is 29.5 Å². The number of amides is 1. The minimum absolute atomic E-state index is 0.0453. The fraction of sp³-hybridized carbons (Fsp3) is 0.409. The first kappa shape index (κ1) is 16.8. The van der Waals surface area contributed by atoms with E-state index in [1.54, 1.807) is 12.1 Å². The monoisotopic (exact) mass is 366 g/mol. The summed E-state index contributed by atoms with van der Waals surface area (Å²) < 4.78 is 19.4. The van der Waals surface area contributed by atoms with Crippen molar-refractivity contribution in [2.24, 2.45) is 5.41 Å². The summed E-state index contributed by atoms with van der Waals surface area (Å²) in [5, 5.41) is 3.36. The normalized spacial score (nSPS) is 25.3. The molecular weight excluding hydrogens is 343 g/mol. The van der Waals surface area contributed by atoms with Crippen molar-refractivity contribution in [1.82, 2.24) is 10.2 Å². The van der Waals surface area contributed by atoms with E-state index in [9.17, 15) is 9.18 Å². The molecule has 0 unspecified atom stereocenters. The molecule has 1 saturated carbocycles. The Kier molecular flexibility index (Phi) is 3.93. The van der Waals surface area contributed by atoms with Gasteiger partial charge in [-0.1, -0.05) is 36.4 Å². The molecule has 1 saturated heterocycles. The SMILES string of the molecule is O=C(O[C@H]1CNCC12CC2)N1CCc2ccccc2[C@@H]1c1ccc(F)cc1. The number of carbonyl (C=O) groups excluding carboxylic acids is 1. The molecule has 0 bridgehead atoms. The molecule has 4 nitrogen and oxygen atoms in total. The molecule has 5 heteroatoms. The number of nitrogens with one attached hydrogen (secondary N) is 1. The van der Waals surface area contributed by atoms with E-state index in [2.05, 4.69) is 17.4 Å². The molecule has 3 aliphatic rings. The number of carbonyl (C=O) groups is 1. The Morgan fingerprint density at radius 1 is 1.15 bits per heavy atom. The molecule has 1 amide bonds. The van der Waals surface area contributed by atoms with Gasteiger partial charge in [0.25, 0.3) is 0 Å². The van der Waals surface area contributed by atoms with Gasteiger partial charge in [-0.25, -0.2) is 9.18 Å². The number of rotatable bonds is 2. The number of nitrogens with zero attached hydrogens (tertiary/aromatic N) is 1. The predicted molar refractivity (Wildman–Crippen MR) is 99.9 cm³/mol. The van der Waals surface area contributed by atoms with Crippen molar-refractivity contribution < 1.29 is 13.9 Å². The molecule has 2 fully saturated rings. The lowest BCUT2D eigenvalue weighted by Gasteiger charge is -2.38. The second-order valence-electron chi connectivity index (χ2n) is 7.96. The van der Waals surface area contributed by atoms with Crippen LogP contribution in [0.4, 0.5) is 9.18 Å². The Morgan fingerprint density at radius 3 is 2.70 bits per heavy atom. The topological polar surface area (TPSA) is 41.6 Å². The van der Waals surface area contributed by atoms with Crippen molar-refractivity contribution in [3.8, 4) is 0 Å². The second-order valence-corrected chi connectivity index (χ2v) is 7.96. The lowest BCUT2D eigenvalue weighted by Crippen LogP contribution is -2.43. The van der Waals surface area contributed by atoms with Crippen LogP contribution in [-0.4, -0.2) is 36.7 Å². The molecule has 27 heavy (non-hydrogen) atoms. The number of benzene rings is 2. The molecule has 5 rings (SSSR count). The van der Waals surface area contributed by atoms with Crippen molar-refractivity contribution in [3.63, 3.8) is 0 Å². The smallest absolute Gasteiger partial charge is 0.410 e. The van der Waals surface area contributed by atoms with Crippen LogP contribution in [0.25, 0.3) is 0 Å². The van der Waals surface area contributed by atoms with Crippen molar-refractivity contribution in [2.45, 2.75) is 31.4 Å². The summed E-state index contributed by atoms with van der Waals surface area (Å²) in [6.07, 6.45) is 2.75. The molecule has 2 aromatic rings. The summed E-state index contributed by atoms with van der Waals surface area (Å²) in [5.41, 5.74) is 3.40. The Bertz CT molecular complexity index is 863. The van der Waals surface area contributed by atoms with Gasteiger partial charge in [0.2, 0.25) is 0 Å². The molecule has 2 aromatic carbocycles. The van der Waals surface area contributed by atoms with Crippen LogP contribution in [0.15, 0.2) is 48.5 Å². The maximum atomic E-state index is 13.5. The van der Waals surface area contributed by atoms with Crippen LogP contribution in [0.3, 0.4) is 0 Å². The molecule has 0 radical (unpaired) electrons. The van der Waals surface area contributed by atoms with Gasteiger partial charge in [-0.15, -0.1) is 0 Å². The first-order valence-corrected chi connectivity index (χ1v) is 9.68. The van der Waals surface area contributed by atoms with E-state index in [0.29, 0.717) is 6.54 Å². The third-order valence-electron chi connectivity index (χ3n) is 6.33. The first-order chi connectivity index (χ1) is 13.2. The van der Waals surface area contributed by atoms with Gasteiger partial charge in [-0.05, 0) is 48.1 Å². The number of halogens is 1. The van der Waals surface area contributed by atoms with Crippen LogP contribution in [0, 0.1) is 11.2 Å². The largest absolute Gasteiger partial charge is 0.444 e. The molecule has 140 valence electrons. The Hall–Kier alpha value is -2.40. The molecular formula is C22H23FN2O2. The Balaban J connectivity index is 1.46. The number of ether oxygens (including phenoxy) is 1. The second kappa shape index (κ2) is 6.34. The zero-order valence-corrected chi connectivity index (χ0v) is 15.2. The third kappa shape index (κ3) is 2.90. The number of hydrogen-bond acceptors (Lipinski definition) is 3. The lowest BCUT2D eigenvalue weighted by molar-refractivity contribution is 0.0384. The first-order valence-electron chi connectivity index (χ1n) is 9.68. The fourth-order valence-corrected chi connectivity index (χ4v) is 4.57. The summed E-state index contributed by atoms with van der Waals surface area (Å²) >= 11 is 0. The highest BCUT2D eigenvalue weighted by Crippen LogP contribution is 2.51. The summed E-state index contributed by atoms with van der Waals surface area (Å²) in [5.74, 6) is -0.273. The Morgan fingerprint density at radius 2 is 1.93 bits per heavy atom. The zero-order valence-electron chi connectivity index (χ0n) is 15.2. The van der Waals surface area contributed by atoms with Gasteiger partial charge in [0.15, 0.2) is 0 Å². The minimum atomic E-state index is -0.273. The van der Waals surface area contributed by atoms with Gasteiger partial charge < -0.3 is 10.1 Å². The molecule has 2 heterocycles. The highest BCUT2D eigenvalue weighted by atomic mass is 19.1. The number of hydrogen-bond donors (Lipinski definition) is 1. The van der Waals surface area contributed by atoms with Crippen LogP contribution in [0.5, 0.6) is 0 Å². The van der Waals surface area contributed by atoms with Crippen molar-refractivity contribution >= 4 is 6.09 Å². The highest BCUT2D eigenvalue weighted by molar-refractivity contribution is 5.70. The van der Waals surface area contributed by atoms with Crippen LogP contribution in [-0.2, 0) is 11.2 Å². The quantitative estimate of drug-likeness (QED) is 0.882. The van der Waals surface area contributed by atoms with Gasteiger partial charge in [-0.2, -0.15) is 0 Å². The van der Waals surface area contributed by atoms with E-state index >= 15 is 0 Å². The molecule has 2 atom stereocenters. The van der Waals surface area contributed by atoms with Gasteiger partial charge in [0.1, 0.15) is 11.9 Å². The third-order valence-corrected chi connectivity index (χ3v) is 6.33. The van der Waals surface area contributed by atoms with Gasteiger partial charge in [0.05, 0.1) is 6.04 Å². The summed E-state index contributed by atoms with van der Waals surface area (Å²) in [6.45, 7) is 2.28. The molecule has 1 aliphatic carbocycles. The highest BCUT2D eigenvalue weighted by Gasteiger charge is 2.54. The minimum Gasteiger partial charge on any atom is -0.444 e. The molecule has 1 N–H and O–H groups in total. The van der Waals surface area contributed by atoms with E-state index in [0.717, 1.165) is 43.5 Å². The van der Waals surface area contributed by atoms with E-state index in [1.165, 1.54) is 17.7 Å². The number of fused-ring (bicyclic) bond motifs is 1. The average Bonchev–Trinajstić information content (AvgIpc) is 3.37. The van der Waals surface area contributed by atoms with E-state index in [1.807, 2.05) is 17.0 Å². The van der Waals surface area contributed by atoms with E-state index < -0.39 is 0 Å². The van der Waals surface area contributed by atoms with Crippen molar-refractivity contribution in [3.05, 3.63) is 71.0 Å². The lowest BCUT2D eigenvalue weighted by atomic mass is 9.88. The maximum Gasteiger partial charge on any atom is 0.410 e. The van der Waals surface area contributed by atoms with Gasteiger partial charge in [0, 0.05) is 25.0 Å². The summed E-state index contributed by atoms with van der Waals surface area (Å²) in [6, 6.07) is 14.4. The molecule has 1 spiro atoms. The molecule has 2 aliphatic heterocycles. The fourth-order valence-electron chi connectivity index (χ4n) is 4.57. The standard InChI is InChI=1S/C22H23FN2O2/c23-17-7-5-16(6-8-17)20-18-4-2-1-3-15(18)9-12-25(20)21(26)27-19-13-24-14-22(19)10-11-22/h1-8,19-20,24H,9-14H2/t19-,20-/m0/s1. The molecule has 0 aromatic heterocycles. The summed E-state index contributed by atoms with van der Waals surface area (Å²) in [7, 11) is 0. The average molecular weight is 366 g/mol. The van der Waals surface area contributed by atoms with Gasteiger partial charge >= 0.3 is 6.09 Å². The van der Waals surface area contributed by atoms with E-state index in [4.69, 9.17) is 4.74 Å².